The molecular formula is C16H15BrN2. The monoisotopic (exact) mass is 314 g/mol. The third kappa shape index (κ3) is 2.56. The van der Waals surface area contributed by atoms with Gasteiger partial charge >= 0.3 is 0 Å². The van der Waals surface area contributed by atoms with E-state index in [0.717, 1.165) is 28.8 Å². The fourth-order valence-electron chi connectivity index (χ4n) is 2.25. The second-order valence-corrected chi connectivity index (χ2v) is 5.51. The standard InChI is InChI=1S/C16H15BrN2/c1-12-5-7-13(8-6-12)9-10-15-18-16(17)14-4-2-3-11-19(14)15/h2-8,11H,9-10H2,1H3. The molecule has 0 radical (unpaired) electrons. The van der Waals surface area contributed by atoms with E-state index >= 15 is 0 Å². The van der Waals surface area contributed by atoms with Gasteiger partial charge in [0, 0.05) is 12.6 Å². The van der Waals surface area contributed by atoms with Crippen molar-refractivity contribution in [2.75, 3.05) is 0 Å². The smallest absolute Gasteiger partial charge is 0.132 e. The van der Waals surface area contributed by atoms with Crippen LogP contribution in [-0.4, -0.2) is 9.38 Å². The number of nitrogens with zero attached hydrogens (tertiary/aromatic N) is 2. The molecule has 0 aliphatic carbocycles. The van der Waals surface area contributed by atoms with Gasteiger partial charge in [-0.3, -0.25) is 0 Å². The second kappa shape index (κ2) is 5.17. The minimum Gasteiger partial charge on any atom is -0.303 e. The minimum absolute atomic E-state index is 0.923. The highest BCUT2D eigenvalue weighted by Crippen LogP contribution is 2.19. The number of imidazole rings is 1. The van der Waals surface area contributed by atoms with Crippen molar-refractivity contribution in [2.24, 2.45) is 0 Å². The Hall–Kier alpha value is -1.61. The maximum absolute atomic E-state index is 4.60. The molecule has 2 nitrogen and oxygen atoms in total. The molecule has 0 N–H and O–H groups in total. The maximum atomic E-state index is 4.60. The molecule has 1 aromatic carbocycles. The molecule has 3 heteroatoms. The summed E-state index contributed by atoms with van der Waals surface area (Å²) in [5, 5.41) is 0. The minimum atomic E-state index is 0.923. The first-order chi connectivity index (χ1) is 9.24. The molecule has 19 heavy (non-hydrogen) atoms. The first-order valence-corrected chi connectivity index (χ1v) is 7.20. The predicted molar refractivity (Wildman–Crippen MR) is 81.5 cm³/mol. The van der Waals surface area contributed by atoms with E-state index in [1.807, 2.05) is 12.1 Å². The lowest BCUT2D eigenvalue weighted by atomic mass is 10.1. The lowest BCUT2D eigenvalue weighted by Gasteiger charge is -2.02. The highest BCUT2D eigenvalue weighted by atomic mass is 79.9. The Morgan fingerprint density at radius 3 is 2.63 bits per heavy atom. The lowest BCUT2D eigenvalue weighted by Crippen LogP contribution is -1.97. The van der Waals surface area contributed by atoms with Gasteiger partial charge in [0.25, 0.3) is 0 Å². The summed E-state index contributed by atoms with van der Waals surface area (Å²) in [6.07, 6.45) is 4.03. The van der Waals surface area contributed by atoms with E-state index in [2.05, 4.69) is 68.8 Å². The normalized spacial score (nSPS) is 11.1. The number of halogens is 1. The van der Waals surface area contributed by atoms with Crippen LogP contribution in [0.2, 0.25) is 0 Å². The Bertz CT molecular complexity index is 698. The van der Waals surface area contributed by atoms with Gasteiger partial charge in [-0.2, -0.15) is 0 Å². The molecule has 0 unspecified atom stereocenters. The fraction of sp³-hybridized carbons (Fsp3) is 0.188. The summed E-state index contributed by atoms with van der Waals surface area (Å²) >= 11 is 3.52. The van der Waals surface area contributed by atoms with Crippen LogP contribution in [0.4, 0.5) is 0 Å². The largest absolute Gasteiger partial charge is 0.303 e. The third-order valence-corrected chi connectivity index (χ3v) is 3.92. The van der Waals surface area contributed by atoms with E-state index in [9.17, 15) is 0 Å². The fourth-order valence-corrected chi connectivity index (χ4v) is 2.78. The first-order valence-electron chi connectivity index (χ1n) is 6.41. The van der Waals surface area contributed by atoms with Crippen LogP contribution in [-0.2, 0) is 12.8 Å². The summed E-state index contributed by atoms with van der Waals surface area (Å²) in [5.74, 6) is 1.10. The van der Waals surface area contributed by atoms with Crippen molar-refractivity contribution in [3.05, 3.63) is 70.2 Å². The van der Waals surface area contributed by atoms with Crippen LogP contribution in [0.15, 0.2) is 53.3 Å². The van der Waals surface area contributed by atoms with Crippen LogP contribution < -0.4 is 0 Å². The van der Waals surface area contributed by atoms with Gasteiger partial charge in [-0.25, -0.2) is 4.98 Å². The lowest BCUT2D eigenvalue weighted by molar-refractivity contribution is 0.852. The summed E-state index contributed by atoms with van der Waals surface area (Å²) in [7, 11) is 0. The van der Waals surface area contributed by atoms with Gasteiger partial charge in [-0.05, 0) is 47.0 Å². The molecule has 0 saturated heterocycles. The van der Waals surface area contributed by atoms with Gasteiger partial charge in [0.15, 0.2) is 0 Å². The van der Waals surface area contributed by atoms with Gasteiger partial charge < -0.3 is 4.40 Å². The first kappa shape index (κ1) is 12.4. The Balaban J connectivity index is 1.84. The molecule has 0 saturated carbocycles. The number of fused-ring (bicyclic) bond motifs is 1. The van der Waals surface area contributed by atoms with E-state index in [1.54, 1.807) is 0 Å². The average Bonchev–Trinajstić information content (AvgIpc) is 2.76. The second-order valence-electron chi connectivity index (χ2n) is 4.76. The van der Waals surface area contributed by atoms with Crippen molar-refractivity contribution < 1.29 is 0 Å². The summed E-state index contributed by atoms with van der Waals surface area (Å²) < 4.78 is 3.07. The van der Waals surface area contributed by atoms with Crippen molar-refractivity contribution in [3.8, 4) is 0 Å². The van der Waals surface area contributed by atoms with Crippen LogP contribution in [0.5, 0.6) is 0 Å². The van der Waals surface area contributed by atoms with Crippen molar-refractivity contribution in [1.29, 1.82) is 0 Å². The van der Waals surface area contributed by atoms with Crippen LogP contribution in [0.3, 0.4) is 0 Å². The zero-order chi connectivity index (χ0) is 13.2. The summed E-state index contributed by atoms with van der Waals surface area (Å²) in [4.78, 5) is 4.60. The number of pyridine rings is 1. The maximum Gasteiger partial charge on any atom is 0.132 e. The van der Waals surface area contributed by atoms with Gasteiger partial charge in [0.05, 0.1) is 5.52 Å². The summed E-state index contributed by atoms with van der Waals surface area (Å²) in [5.41, 5.74) is 3.79. The molecule has 0 amide bonds. The number of hydrogen-bond donors (Lipinski definition) is 0. The number of aryl methyl sites for hydroxylation is 3. The van der Waals surface area contributed by atoms with Gasteiger partial charge in [0.2, 0.25) is 0 Å². The van der Waals surface area contributed by atoms with E-state index in [-0.39, 0.29) is 0 Å². The molecule has 2 aromatic heterocycles. The molecular weight excluding hydrogens is 300 g/mol. The van der Waals surface area contributed by atoms with E-state index in [1.165, 1.54) is 11.1 Å². The molecule has 96 valence electrons. The SMILES string of the molecule is Cc1ccc(CCc2nc(Br)c3ccccn23)cc1. The number of rotatable bonds is 3. The molecule has 0 aliphatic heterocycles. The highest BCUT2D eigenvalue weighted by Gasteiger charge is 2.08. The molecule has 0 fully saturated rings. The molecule has 3 rings (SSSR count). The Morgan fingerprint density at radius 1 is 1.05 bits per heavy atom. The third-order valence-electron chi connectivity index (χ3n) is 3.33. The number of benzene rings is 1. The van der Waals surface area contributed by atoms with Crippen molar-refractivity contribution in [3.63, 3.8) is 0 Å². The molecule has 0 bridgehead atoms. The van der Waals surface area contributed by atoms with Gasteiger partial charge in [0.1, 0.15) is 10.4 Å². The molecule has 0 spiro atoms. The highest BCUT2D eigenvalue weighted by molar-refractivity contribution is 9.10. The summed E-state index contributed by atoms with van der Waals surface area (Å²) in [6.45, 7) is 2.11. The van der Waals surface area contributed by atoms with Crippen LogP contribution in [0.1, 0.15) is 17.0 Å². The molecule has 2 heterocycles. The Kier molecular flexibility index (Phi) is 3.38. The van der Waals surface area contributed by atoms with Crippen LogP contribution >= 0.6 is 15.9 Å². The zero-order valence-corrected chi connectivity index (χ0v) is 12.4. The van der Waals surface area contributed by atoms with E-state index < -0.39 is 0 Å². The average molecular weight is 315 g/mol. The van der Waals surface area contributed by atoms with Crippen molar-refractivity contribution in [1.82, 2.24) is 9.38 Å². The van der Waals surface area contributed by atoms with Crippen molar-refractivity contribution in [2.45, 2.75) is 19.8 Å². The zero-order valence-electron chi connectivity index (χ0n) is 10.8. The molecule has 3 aromatic rings. The van der Waals surface area contributed by atoms with Gasteiger partial charge in [-0.1, -0.05) is 35.9 Å². The topological polar surface area (TPSA) is 17.3 Å². The molecule has 0 aliphatic rings. The quantitative estimate of drug-likeness (QED) is 0.708. The van der Waals surface area contributed by atoms with Crippen LogP contribution in [0.25, 0.3) is 5.52 Å². The van der Waals surface area contributed by atoms with E-state index in [0.29, 0.717) is 0 Å². The van der Waals surface area contributed by atoms with Crippen LogP contribution in [0, 0.1) is 6.92 Å². The van der Waals surface area contributed by atoms with E-state index in [4.69, 9.17) is 0 Å². The van der Waals surface area contributed by atoms with Gasteiger partial charge in [-0.15, -0.1) is 0 Å². The number of aromatic nitrogens is 2. The van der Waals surface area contributed by atoms with Crippen molar-refractivity contribution >= 4 is 21.4 Å². The Morgan fingerprint density at radius 2 is 1.84 bits per heavy atom. The Labute approximate surface area is 121 Å². The molecule has 0 atom stereocenters. The number of hydrogen-bond acceptors (Lipinski definition) is 1. The summed E-state index contributed by atoms with van der Waals surface area (Å²) in [6, 6.07) is 14.9. The predicted octanol–water partition coefficient (Wildman–Crippen LogP) is 4.19.